The van der Waals surface area contributed by atoms with E-state index in [4.69, 9.17) is 20.4 Å². The Hall–Kier alpha value is -3.47. The fourth-order valence-corrected chi connectivity index (χ4v) is 3.19. The molecule has 0 spiro atoms. The van der Waals surface area contributed by atoms with Gasteiger partial charge in [-0.1, -0.05) is 18.4 Å². The van der Waals surface area contributed by atoms with Crippen LogP contribution in [0.5, 0.6) is 11.5 Å². The topological polar surface area (TPSA) is 106 Å². The molecule has 1 aliphatic rings. The van der Waals surface area contributed by atoms with Gasteiger partial charge in [0.2, 0.25) is 0 Å². The highest BCUT2D eigenvalue weighted by Gasteiger charge is 2.32. The summed E-state index contributed by atoms with van der Waals surface area (Å²) >= 11 is 0. The van der Waals surface area contributed by atoms with E-state index in [1.165, 1.54) is 5.56 Å². The Kier molecular flexibility index (Phi) is 6.85. The minimum Gasteiger partial charge on any atom is -0.493 e. The molecule has 1 aliphatic heterocycles. The number of ether oxygens (including phenoxy) is 2. The second kappa shape index (κ2) is 9.56. The van der Waals surface area contributed by atoms with E-state index in [-0.39, 0.29) is 6.61 Å². The van der Waals surface area contributed by atoms with Crippen LogP contribution in [0.15, 0.2) is 49.0 Å². The maximum Gasteiger partial charge on any atom is 0.267 e. The molecular weight excluding hydrogens is 394 g/mol. The first-order valence-corrected chi connectivity index (χ1v) is 9.94. The number of rotatable bonds is 7. The number of carbonyl (C=O) groups excluding carboxylic acids is 1. The van der Waals surface area contributed by atoms with E-state index < -0.39 is 17.5 Å². The molecule has 2 aromatic carbocycles. The number of nitrogens with two attached hydrogens (primary N) is 1. The van der Waals surface area contributed by atoms with Crippen molar-refractivity contribution in [3.63, 3.8) is 0 Å². The van der Waals surface area contributed by atoms with Crippen LogP contribution in [0.3, 0.4) is 0 Å². The molecule has 0 radical (unpaired) electrons. The van der Waals surface area contributed by atoms with Crippen LogP contribution in [0.25, 0.3) is 5.70 Å². The summed E-state index contributed by atoms with van der Waals surface area (Å²) < 4.78 is 11.2. The van der Waals surface area contributed by atoms with E-state index in [9.17, 15) is 4.79 Å². The maximum atomic E-state index is 11.9. The van der Waals surface area contributed by atoms with Crippen LogP contribution in [0.2, 0.25) is 0 Å². The Balaban J connectivity index is 1.55. The highest BCUT2D eigenvalue weighted by molar-refractivity contribution is 5.84. The SMILES string of the molecule is C=C(N[C@H](C(=O)NO)C(C)(C)N)c1ccc(OCC#Cc2ccc3c(c2)CCO3)cc1. The minimum atomic E-state index is -0.913. The van der Waals surface area contributed by atoms with E-state index in [2.05, 4.69) is 29.8 Å². The van der Waals surface area contributed by atoms with Gasteiger partial charge in [0.05, 0.1) is 6.61 Å². The van der Waals surface area contributed by atoms with Crippen LogP contribution in [-0.4, -0.2) is 35.9 Å². The predicted molar refractivity (Wildman–Crippen MR) is 119 cm³/mol. The molecule has 0 bridgehead atoms. The van der Waals surface area contributed by atoms with Crippen LogP contribution in [0.1, 0.15) is 30.5 Å². The molecule has 0 saturated carbocycles. The highest BCUT2D eigenvalue weighted by atomic mass is 16.5. The fourth-order valence-electron chi connectivity index (χ4n) is 3.19. The molecule has 2 aromatic rings. The van der Waals surface area contributed by atoms with E-state index in [1.807, 2.05) is 24.3 Å². The Morgan fingerprint density at radius 2 is 2.06 bits per heavy atom. The third-order valence-corrected chi connectivity index (χ3v) is 4.87. The largest absolute Gasteiger partial charge is 0.493 e. The van der Waals surface area contributed by atoms with Gasteiger partial charge in [-0.25, -0.2) is 5.48 Å². The van der Waals surface area contributed by atoms with Gasteiger partial charge in [-0.3, -0.25) is 10.0 Å². The molecule has 1 amide bonds. The Labute approximate surface area is 182 Å². The molecule has 3 rings (SSSR count). The highest BCUT2D eigenvalue weighted by Crippen LogP contribution is 2.25. The zero-order valence-electron chi connectivity index (χ0n) is 17.7. The van der Waals surface area contributed by atoms with Gasteiger partial charge in [-0.15, -0.1) is 0 Å². The van der Waals surface area contributed by atoms with Gasteiger partial charge in [0.15, 0.2) is 0 Å². The van der Waals surface area contributed by atoms with Gasteiger partial charge in [0.25, 0.3) is 5.91 Å². The smallest absolute Gasteiger partial charge is 0.267 e. The second-order valence-electron chi connectivity index (χ2n) is 7.89. The van der Waals surface area contributed by atoms with Crippen LogP contribution >= 0.6 is 0 Å². The summed E-state index contributed by atoms with van der Waals surface area (Å²) in [5.74, 6) is 7.09. The quantitative estimate of drug-likeness (QED) is 0.310. The van der Waals surface area contributed by atoms with Crippen molar-refractivity contribution >= 4 is 11.6 Å². The Morgan fingerprint density at radius 1 is 1.32 bits per heavy atom. The number of carbonyl (C=O) groups is 1. The number of amides is 1. The number of hydrogen-bond acceptors (Lipinski definition) is 6. The number of hydroxylamine groups is 1. The van der Waals surface area contributed by atoms with Gasteiger partial charge in [-0.05, 0) is 67.4 Å². The number of benzene rings is 2. The average molecular weight is 421 g/mol. The average Bonchev–Trinajstić information content (AvgIpc) is 3.22. The molecule has 7 heteroatoms. The Morgan fingerprint density at radius 3 is 2.74 bits per heavy atom. The summed E-state index contributed by atoms with van der Waals surface area (Å²) in [6.45, 7) is 8.31. The van der Waals surface area contributed by atoms with Gasteiger partial charge in [0, 0.05) is 23.2 Å². The van der Waals surface area contributed by atoms with Crippen LogP contribution in [0.4, 0.5) is 0 Å². The first-order chi connectivity index (χ1) is 14.8. The molecule has 1 atom stereocenters. The molecule has 0 fully saturated rings. The third kappa shape index (κ3) is 5.79. The number of nitrogens with one attached hydrogen (secondary N) is 2. The molecule has 0 aromatic heterocycles. The predicted octanol–water partition coefficient (Wildman–Crippen LogP) is 2.22. The standard InChI is InChI=1S/C24H27N3O4/c1-16(26-22(23(28)27-29)24(2,3)25)18-7-9-20(10-8-18)30-13-4-5-17-6-11-21-19(15-17)12-14-31-21/h6-11,15,22,26,29H,1,12-14,25H2,2-3H3,(H,27,28)/t22-/m1/s1. The van der Waals surface area contributed by atoms with Crippen molar-refractivity contribution < 1.29 is 19.5 Å². The molecule has 1 heterocycles. The lowest BCUT2D eigenvalue weighted by molar-refractivity contribution is -0.132. The first-order valence-electron chi connectivity index (χ1n) is 9.94. The minimum absolute atomic E-state index is 0.256. The summed E-state index contributed by atoms with van der Waals surface area (Å²) in [5.41, 5.74) is 10.1. The van der Waals surface area contributed by atoms with Gasteiger partial charge in [0.1, 0.15) is 24.1 Å². The lowest BCUT2D eigenvalue weighted by Crippen LogP contribution is -2.59. The van der Waals surface area contributed by atoms with Crippen molar-refractivity contribution in [3.05, 3.63) is 65.7 Å². The maximum absolute atomic E-state index is 11.9. The van der Waals surface area contributed by atoms with Crippen molar-refractivity contribution in [3.8, 4) is 23.3 Å². The Bertz CT molecular complexity index is 1010. The van der Waals surface area contributed by atoms with Crippen molar-refractivity contribution in [2.24, 2.45) is 5.73 Å². The van der Waals surface area contributed by atoms with Gasteiger partial charge in [-0.2, -0.15) is 0 Å². The van der Waals surface area contributed by atoms with Crippen molar-refractivity contribution in [2.75, 3.05) is 13.2 Å². The zero-order chi connectivity index (χ0) is 22.4. The fraction of sp³-hybridized carbons (Fsp3) is 0.292. The molecule has 0 saturated heterocycles. The van der Waals surface area contributed by atoms with Gasteiger partial charge >= 0.3 is 0 Å². The van der Waals surface area contributed by atoms with Gasteiger partial charge < -0.3 is 20.5 Å². The summed E-state index contributed by atoms with van der Waals surface area (Å²) in [6, 6.07) is 12.3. The molecular formula is C24H27N3O4. The lowest BCUT2D eigenvalue weighted by Gasteiger charge is -2.30. The van der Waals surface area contributed by atoms with E-state index in [0.29, 0.717) is 11.4 Å². The molecule has 0 aliphatic carbocycles. The molecule has 0 unspecified atom stereocenters. The van der Waals surface area contributed by atoms with Crippen molar-refractivity contribution in [1.82, 2.24) is 10.8 Å². The monoisotopic (exact) mass is 421 g/mol. The number of hydrogen-bond donors (Lipinski definition) is 4. The van der Waals surface area contributed by atoms with Crippen LogP contribution in [-0.2, 0) is 11.2 Å². The zero-order valence-corrected chi connectivity index (χ0v) is 17.7. The van der Waals surface area contributed by atoms with E-state index in [1.54, 1.807) is 31.5 Å². The molecule has 5 N–H and O–H groups in total. The second-order valence-corrected chi connectivity index (χ2v) is 7.89. The summed E-state index contributed by atoms with van der Waals surface area (Å²) in [4.78, 5) is 11.9. The lowest BCUT2D eigenvalue weighted by atomic mass is 9.94. The summed E-state index contributed by atoms with van der Waals surface area (Å²) in [6.07, 6.45) is 0.919. The van der Waals surface area contributed by atoms with Crippen molar-refractivity contribution in [2.45, 2.75) is 31.8 Å². The third-order valence-electron chi connectivity index (χ3n) is 4.87. The van der Waals surface area contributed by atoms with Crippen molar-refractivity contribution in [1.29, 1.82) is 0 Å². The molecule has 7 nitrogen and oxygen atoms in total. The van der Waals surface area contributed by atoms with Crippen LogP contribution in [0, 0.1) is 11.8 Å². The summed E-state index contributed by atoms with van der Waals surface area (Å²) in [5, 5.41) is 11.9. The molecule has 162 valence electrons. The van der Waals surface area contributed by atoms with Crippen LogP contribution < -0.4 is 26.0 Å². The number of fused-ring (bicyclic) bond motifs is 1. The van der Waals surface area contributed by atoms with E-state index in [0.717, 1.165) is 29.9 Å². The normalized spacial score (nSPS) is 13.2. The molecule has 31 heavy (non-hydrogen) atoms. The first kappa shape index (κ1) is 22.2. The van der Waals surface area contributed by atoms with E-state index >= 15 is 0 Å². The summed E-state index contributed by atoms with van der Waals surface area (Å²) in [7, 11) is 0.